The van der Waals surface area contributed by atoms with Crippen molar-refractivity contribution in [2.75, 3.05) is 7.11 Å². The number of halogens is 2. The minimum atomic E-state index is -0.907. The fourth-order valence-electron chi connectivity index (χ4n) is 3.19. The van der Waals surface area contributed by atoms with Crippen LogP contribution in [0.4, 0.5) is 0 Å². The lowest BCUT2D eigenvalue weighted by Gasteiger charge is -2.14. The Morgan fingerprint density at radius 1 is 1.06 bits per heavy atom. The molecular weight excluding hydrogens is 497 g/mol. The maximum atomic E-state index is 12.4. The highest BCUT2D eigenvalue weighted by Gasteiger charge is 2.15. The second-order valence-electron chi connectivity index (χ2n) is 7.15. The second-order valence-corrected chi connectivity index (χ2v) is 7.97. The number of rotatable bonds is 6. The van der Waals surface area contributed by atoms with Gasteiger partial charge in [-0.2, -0.15) is 9.94 Å². The molecule has 0 radical (unpaired) electrons. The summed E-state index contributed by atoms with van der Waals surface area (Å²) in [6.07, 6.45) is 1.51. The number of ether oxygens (including phenoxy) is 2. The quantitative estimate of drug-likeness (QED) is 0.420. The van der Waals surface area contributed by atoms with E-state index < -0.39 is 16.9 Å². The molecule has 12 heteroatoms. The SMILES string of the molecule is COc1cccc(Cn2cc(Oc3c(Cl)cc(-n4nc(C#N)c(=O)[nH]c4=O)cc3Cl)ccc2=O)c1. The molecule has 0 saturated carbocycles. The predicted molar refractivity (Wildman–Crippen MR) is 128 cm³/mol. The Bertz CT molecular complexity index is 1630. The lowest BCUT2D eigenvalue weighted by molar-refractivity contribution is 0.414. The lowest BCUT2D eigenvalue weighted by Crippen LogP contribution is -2.33. The van der Waals surface area contributed by atoms with Gasteiger partial charge in [0, 0.05) is 6.07 Å². The number of aromatic nitrogens is 4. The Kier molecular flexibility index (Phi) is 6.73. The van der Waals surface area contributed by atoms with E-state index in [9.17, 15) is 14.4 Å². The van der Waals surface area contributed by atoms with Gasteiger partial charge in [0.05, 0.1) is 35.6 Å². The zero-order valence-electron chi connectivity index (χ0n) is 18.0. The van der Waals surface area contributed by atoms with E-state index in [1.807, 2.05) is 23.2 Å². The third-order valence-corrected chi connectivity index (χ3v) is 5.39. The molecular formula is C23H15Cl2N5O5. The van der Waals surface area contributed by atoms with Gasteiger partial charge in [-0.05, 0) is 35.9 Å². The average Bonchev–Trinajstić information content (AvgIpc) is 2.83. The average molecular weight is 512 g/mol. The Hall–Kier alpha value is -4.33. The summed E-state index contributed by atoms with van der Waals surface area (Å²) < 4.78 is 13.3. The molecule has 0 aliphatic carbocycles. The van der Waals surface area contributed by atoms with Crippen LogP contribution < -0.4 is 26.3 Å². The summed E-state index contributed by atoms with van der Waals surface area (Å²) in [7, 11) is 1.56. The number of aromatic amines is 1. The molecule has 0 atom stereocenters. The molecule has 0 unspecified atom stereocenters. The molecule has 0 aliphatic rings. The zero-order valence-corrected chi connectivity index (χ0v) is 19.5. The molecule has 0 amide bonds. The van der Waals surface area contributed by atoms with Crippen molar-refractivity contribution in [1.82, 2.24) is 19.3 Å². The van der Waals surface area contributed by atoms with E-state index in [2.05, 4.69) is 5.10 Å². The summed E-state index contributed by atoms with van der Waals surface area (Å²) in [5.74, 6) is 1.02. The molecule has 0 fully saturated rings. The third kappa shape index (κ3) is 5.11. The van der Waals surface area contributed by atoms with Gasteiger partial charge in [0.25, 0.3) is 11.1 Å². The molecule has 0 bridgehead atoms. The Labute approximate surface area is 207 Å². The molecule has 10 nitrogen and oxygen atoms in total. The van der Waals surface area contributed by atoms with Crippen LogP contribution in [0.2, 0.25) is 10.0 Å². The molecule has 0 aliphatic heterocycles. The van der Waals surface area contributed by atoms with Gasteiger partial charge in [-0.3, -0.25) is 14.6 Å². The van der Waals surface area contributed by atoms with Crippen LogP contribution in [0.3, 0.4) is 0 Å². The topological polar surface area (TPSA) is 132 Å². The smallest absolute Gasteiger partial charge is 0.349 e. The number of methoxy groups -OCH3 is 1. The van der Waals surface area contributed by atoms with Crippen LogP contribution in [0.5, 0.6) is 17.2 Å². The van der Waals surface area contributed by atoms with Gasteiger partial charge in [-0.15, -0.1) is 5.10 Å². The first-order valence-corrected chi connectivity index (χ1v) is 10.7. The number of pyridine rings is 1. The first kappa shape index (κ1) is 23.8. The van der Waals surface area contributed by atoms with Crippen LogP contribution in [0.15, 0.2) is 69.1 Å². The minimum Gasteiger partial charge on any atom is -0.497 e. The maximum Gasteiger partial charge on any atom is 0.349 e. The molecule has 2 aromatic heterocycles. The highest BCUT2D eigenvalue weighted by Crippen LogP contribution is 2.37. The van der Waals surface area contributed by atoms with E-state index in [0.29, 0.717) is 5.75 Å². The van der Waals surface area contributed by atoms with Crippen LogP contribution in [-0.2, 0) is 6.54 Å². The van der Waals surface area contributed by atoms with Crippen molar-refractivity contribution in [3.63, 3.8) is 0 Å². The summed E-state index contributed by atoms with van der Waals surface area (Å²) in [6, 6.07) is 14.4. The van der Waals surface area contributed by atoms with Crippen molar-refractivity contribution in [3.05, 3.63) is 107 Å². The molecule has 4 aromatic rings. The molecule has 0 spiro atoms. The maximum absolute atomic E-state index is 12.4. The molecule has 176 valence electrons. The van der Waals surface area contributed by atoms with E-state index in [4.69, 9.17) is 37.9 Å². The van der Waals surface area contributed by atoms with Gasteiger partial charge >= 0.3 is 5.69 Å². The summed E-state index contributed by atoms with van der Waals surface area (Å²) in [5.41, 5.74) is -1.58. The van der Waals surface area contributed by atoms with E-state index >= 15 is 0 Å². The van der Waals surface area contributed by atoms with Crippen molar-refractivity contribution in [3.8, 4) is 29.0 Å². The molecule has 35 heavy (non-hydrogen) atoms. The van der Waals surface area contributed by atoms with Crippen LogP contribution in [-0.4, -0.2) is 26.4 Å². The molecule has 2 aromatic carbocycles. The number of nitrogens with one attached hydrogen (secondary N) is 1. The van der Waals surface area contributed by atoms with Crippen LogP contribution in [0, 0.1) is 11.3 Å². The number of hydrogen-bond donors (Lipinski definition) is 1. The minimum absolute atomic E-state index is 0.0245. The summed E-state index contributed by atoms with van der Waals surface area (Å²) in [6.45, 7) is 0.273. The fourth-order valence-corrected chi connectivity index (χ4v) is 3.75. The highest BCUT2D eigenvalue weighted by molar-refractivity contribution is 6.37. The number of H-pyrrole nitrogens is 1. The van der Waals surface area contributed by atoms with Crippen LogP contribution in [0.25, 0.3) is 5.69 Å². The van der Waals surface area contributed by atoms with Gasteiger partial charge in [0.15, 0.2) is 5.75 Å². The third-order valence-electron chi connectivity index (χ3n) is 4.82. The molecule has 2 heterocycles. The Balaban J connectivity index is 1.66. The summed E-state index contributed by atoms with van der Waals surface area (Å²) in [4.78, 5) is 38.1. The highest BCUT2D eigenvalue weighted by atomic mass is 35.5. The first-order valence-electron chi connectivity index (χ1n) is 9.93. The zero-order chi connectivity index (χ0) is 25.1. The van der Waals surface area contributed by atoms with E-state index in [-0.39, 0.29) is 39.3 Å². The number of hydrogen-bond acceptors (Lipinski definition) is 7. The molecule has 1 N–H and O–H groups in total. The number of nitrogens with zero attached hydrogens (tertiary/aromatic N) is 4. The van der Waals surface area contributed by atoms with Crippen molar-refractivity contribution >= 4 is 23.2 Å². The van der Waals surface area contributed by atoms with Crippen molar-refractivity contribution in [2.24, 2.45) is 0 Å². The van der Waals surface area contributed by atoms with Crippen LogP contribution in [0.1, 0.15) is 11.3 Å². The first-order chi connectivity index (χ1) is 16.8. The molecule has 0 saturated heterocycles. The van der Waals surface area contributed by atoms with Crippen LogP contribution >= 0.6 is 23.2 Å². The normalized spacial score (nSPS) is 10.6. The lowest BCUT2D eigenvalue weighted by atomic mass is 10.2. The van der Waals surface area contributed by atoms with Gasteiger partial charge in [0.1, 0.15) is 17.6 Å². The van der Waals surface area contributed by atoms with E-state index in [0.717, 1.165) is 10.2 Å². The molecule has 4 rings (SSSR count). The number of benzene rings is 2. The van der Waals surface area contributed by atoms with Crippen molar-refractivity contribution in [1.29, 1.82) is 5.26 Å². The largest absolute Gasteiger partial charge is 0.497 e. The van der Waals surface area contributed by atoms with Gasteiger partial charge in [0.2, 0.25) is 5.69 Å². The second kappa shape index (κ2) is 9.89. The van der Waals surface area contributed by atoms with Crippen molar-refractivity contribution < 1.29 is 9.47 Å². The van der Waals surface area contributed by atoms with Crippen molar-refractivity contribution in [2.45, 2.75) is 6.54 Å². The Morgan fingerprint density at radius 3 is 2.49 bits per heavy atom. The summed E-state index contributed by atoms with van der Waals surface area (Å²) in [5, 5.41) is 12.8. The van der Waals surface area contributed by atoms with E-state index in [1.165, 1.54) is 35.0 Å². The predicted octanol–water partition coefficient (Wildman–Crippen LogP) is 3.11. The fraction of sp³-hybridized carbons (Fsp3) is 0.0870. The Morgan fingerprint density at radius 2 is 1.80 bits per heavy atom. The van der Waals surface area contributed by atoms with Gasteiger partial charge in [-0.1, -0.05) is 35.3 Å². The van der Waals surface area contributed by atoms with Gasteiger partial charge < -0.3 is 14.0 Å². The number of nitriles is 1. The monoisotopic (exact) mass is 511 g/mol. The van der Waals surface area contributed by atoms with E-state index in [1.54, 1.807) is 19.2 Å². The standard InChI is InChI=1S/C23H15Cl2N5O5/c1-34-15-4-2-3-13(7-15)11-29-12-16(5-6-20(29)31)35-21-17(24)8-14(9-18(21)25)30-23(33)27-22(32)19(10-26)28-30/h2-9,12H,11H2,1H3,(H,27,32,33). The summed E-state index contributed by atoms with van der Waals surface area (Å²) >= 11 is 12.7. The van der Waals surface area contributed by atoms with Gasteiger partial charge in [-0.25, -0.2) is 4.79 Å².